The molecule has 0 unspecified atom stereocenters. The second-order valence-corrected chi connectivity index (χ2v) is 9.07. The van der Waals surface area contributed by atoms with Crippen molar-refractivity contribution in [2.45, 2.75) is 17.4 Å². The van der Waals surface area contributed by atoms with E-state index in [0.29, 0.717) is 24.5 Å². The van der Waals surface area contributed by atoms with Crippen LogP contribution in [0.25, 0.3) is 0 Å². The molecule has 0 saturated heterocycles. The van der Waals surface area contributed by atoms with Crippen LogP contribution in [0.1, 0.15) is 22.7 Å². The lowest BCUT2D eigenvalue weighted by atomic mass is 9.88. The van der Waals surface area contributed by atoms with Crippen molar-refractivity contribution >= 4 is 16.1 Å². The summed E-state index contributed by atoms with van der Waals surface area (Å²) in [6, 6.07) is 20.0. The maximum atomic E-state index is 13.2. The number of hydrogen-bond acceptors (Lipinski definition) is 5. The van der Waals surface area contributed by atoms with Gasteiger partial charge in [-0.3, -0.25) is 0 Å². The van der Waals surface area contributed by atoms with Gasteiger partial charge in [0.05, 0.1) is 25.2 Å². The van der Waals surface area contributed by atoms with Crippen molar-refractivity contribution < 1.29 is 22.7 Å². The Kier molecular flexibility index (Phi) is 6.05. The third-order valence-electron chi connectivity index (χ3n) is 5.53. The third kappa shape index (κ3) is 4.13. The van der Waals surface area contributed by atoms with Crippen LogP contribution in [0.3, 0.4) is 0 Å². The van der Waals surface area contributed by atoms with Crippen LogP contribution in [0.2, 0.25) is 0 Å². The first kappa shape index (κ1) is 21.7. The number of urea groups is 1. The molecule has 3 aromatic carbocycles. The number of sulfonamides is 1. The van der Waals surface area contributed by atoms with Crippen molar-refractivity contribution in [3.63, 3.8) is 0 Å². The highest BCUT2D eigenvalue weighted by Gasteiger charge is 2.35. The Hall–Kier alpha value is -3.52. The van der Waals surface area contributed by atoms with Gasteiger partial charge in [0.15, 0.2) is 11.5 Å². The minimum Gasteiger partial charge on any atom is -0.493 e. The van der Waals surface area contributed by atoms with Crippen molar-refractivity contribution in [3.8, 4) is 11.5 Å². The molecule has 0 saturated carbocycles. The number of carbonyl (C=O) groups is 1. The van der Waals surface area contributed by atoms with Gasteiger partial charge in [-0.2, -0.15) is 0 Å². The molecule has 32 heavy (non-hydrogen) atoms. The number of methoxy groups -OCH3 is 2. The van der Waals surface area contributed by atoms with Crippen molar-refractivity contribution in [1.82, 2.24) is 9.62 Å². The SMILES string of the molecule is COc1cc2c(cc1OC)[C@@H](c1ccccc1)N(C(=O)NS(=O)(=O)c1ccccc1)CC2. The molecule has 166 valence electrons. The topological polar surface area (TPSA) is 84.9 Å². The van der Waals surface area contributed by atoms with Crippen LogP contribution >= 0.6 is 0 Å². The molecule has 0 fully saturated rings. The van der Waals surface area contributed by atoms with E-state index in [0.717, 1.165) is 16.7 Å². The summed E-state index contributed by atoms with van der Waals surface area (Å²) >= 11 is 0. The molecule has 0 radical (unpaired) electrons. The lowest BCUT2D eigenvalue weighted by Crippen LogP contribution is -2.47. The molecule has 1 aliphatic rings. The van der Waals surface area contributed by atoms with E-state index in [1.54, 1.807) is 37.3 Å². The van der Waals surface area contributed by atoms with Gasteiger partial charge in [0.2, 0.25) is 0 Å². The van der Waals surface area contributed by atoms with Gasteiger partial charge in [0.25, 0.3) is 10.0 Å². The fourth-order valence-electron chi connectivity index (χ4n) is 3.99. The first-order valence-electron chi connectivity index (χ1n) is 10.1. The predicted octanol–water partition coefficient (Wildman–Crippen LogP) is 3.75. The van der Waals surface area contributed by atoms with Crippen molar-refractivity contribution in [2.24, 2.45) is 0 Å². The van der Waals surface area contributed by atoms with Crippen LogP contribution in [0, 0.1) is 0 Å². The van der Waals surface area contributed by atoms with Crippen LogP contribution in [-0.2, 0) is 16.4 Å². The van der Waals surface area contributed by atoms with Crippen molar-refractivity contribution in [1.29, 1.82) is 0 Å². The summed E-state index contributed by atoms with van der Waals surface area (Å²) in [5.74, 6) is 1.16. The van der Waals surface area contributed by atoms with Crippen LogP contribution in [0.15, 0.2) is 77.7 Å². The van der Waals surface area contributed by atoms with E-state index in [1.807, 2.05) is 42.5 Å². The smallest absolute Gasteiger partial charge is 0.332 e. The molecule has 1 aliphatic heterocycles. The molecule has 2 amide bonds. The summed E-state index contributed by atoms with van der Waals surface area (Å²) in [6.45, 7) is 0.345. The predicted molar refractivity (Wildman–Crippen MR) is 120 cm³/mol. The van der Waals surface area contributed by atoms with Crippen LogP contribution in [-0.4, -0.2) is 40.1 Å². The van der Waals surface area contributed by atoms with E-state index >= 15 is 0 Å². The highest BCUT2D eigenvalue weighted by Crippen LogP contribution is 2.41. The van der Waals surface area contributed by atoms with Gasteiger partial charge in [0, 0.05) is 6.54 Å². The average molecular weight is 453 g/mol. The summed E-state index contributed by atoms with van der Waals surface area (Å²) < 4.78 is 38.7. The fourth-order valence-corrected chi connectivity index (χ4v) is 4.97. The normalized spacial score (nSPS) is 15.6. The zero-order chi connectivity index (χ0) is 22.7. The van der Waals surface area contributed by atoms with E-state index in [4.69, 9.17) is 9.47 Å². The molecule has 0 aromatic heterocycles. The van der Waals surface area contributed by atoms with Gasteiger partial charge in [-0.1, -0.05) is 48.5 Å². The Balaban J connectivity index is 1.75. The molecule has 1 N–H and O–H groups in total. The number of ether oxygens (including phenoxy) is 2. The number of nitrogens with one attached hydrogen (secondary N) is 1. The largest absolute Gasteiger partial charge is 0.493 e. The van der Waals surface area contributed by atoms with E-state index in [1.165, 1.54) is 12.1 Å². The second kappa shape index (κ2) is 8.92. The Bertz CT molecular complexity index is 1210. The molecule has 0 spiro atoms. The summed E-state index contributed by atoms with van der Waals surface area (Å²) in [5.41, 5.74) is 2.76. The number of nitrogens with zero attached hydrogens (tertiary/aromatic N) is 1. The monoisotopic (exact) mass is 452 g/mol. The second-order valence-electron chi connectivity index (χ2n) is 7.39. The molecule has 1 atom stereocenters. The molecule has 1 heterocycles. The van der Waals surface area contributed by atoms with Crippen LogP contribution < -0.4 is 14.2 Å². The van der Waals surface area contributed by atoms with Gasteiger partial charge in [-0.15, -0.1) is 0 Å². The summed E-state index contributed by atoms with van der Waals surface area (Å²) in [5, 5.41) is 0. The van der Waals surface area contributed by atoms with Gasteiger partial charge in [-0.25, -0.2) is 17.9 Å². The van der Waals surface area contributed by atoms with Gasteiger partial charge in [0.1, 0.15) is 0 Å². The molecule has 0 bridgehead atoms. The Morgan fingerprint density at radius 2 is 1.53 bits per heavy atom. The maximum Gasteiger partial charge on any atom is 0.332 e. The molecule has 3 aromatic rings. The van der Waals surface area contributed by atoms with E-state index < -0.39 is 22.1 Å². The summed E-state index contributed by atoms with van der Waals surface area (Å²) in [7, 11) is -0.865. The standard InChI is InChI=1S/C24H24N2O5S/c1-30-21-15-18-13-14-26(24(27)25-32(28,29)19-11-7-4-8-12-19)23(17-9-5-3-6-10-17)20(18)16-22(21)31-2/h3-12,15-16,23H,13-14H2,1-2H3,(H,25,27)/t23-/m1/s1. The van der Waals surface area contributed by atoms with Crippen molar-refractivity contribution in [2.75, 3.05) is 20.8 Å². The minimum atomic E-state index is -4.00. The number of fused-ring (bicyclic) bond motifs is 1. The highest BCUT2D eigenvalue weighted by molar-refractivity contribution is 7.90. The first-order chi connectivity index (χ1) is 15.4. The zero-order valence-corrected chi connectivity index (χ0v) is 18.6. The van der Waals surface area contributed by atoms with Crippen LogP contribution in [0.5, 0.6) is 11.5 Å². The molecule has 7 nitrogen and oxygen atoms in total. The molecule has 8 heteroatoms. The maximum absolute atomic E-state index is 13.2. The van der Waals surface area contributed by atoms with E-state index in [9.17, 15) is 13.2 Å². The number of hydrogen-bond donors (Lipinski definition) is 1. The third-order valence-corrected chi connectivity index (χ3v) is 6.86. The molecular weight excluding hydrogens is 428 g/mol. The van der Waals surface area contributed by atoms with Gasteiger partial charge >= 0.3 is 6.03 Å². The minimum absolute atomic E-state index is 0.0356. The lowest BCUT2D eigenvalue weighted by Gasteiger charge is -2.38. The lowest BCUT2D eigenvalue weighted by molar-refractivity contribution is 0.185. The Morgan fingerprint density at radius 3 is 2.16 bits per heavy atom. The first-order valence-corrected chi connectivity index (χ1v) is 11.6. The number of amides is 2. The summed E-state index contributed by atoms with van der Waals surface area (Å²) in [4.78, 5) is 14.8. The number of carbonyl (C=O) groups excluding carboxylic acids is 1. The number of benzene rings is 3. The fraction of sp³-hybridized carbons (Fsp3) is 0.208. The summed E-state index contributed by atoms with van der Waals surface area (Å²) in [6.07, 6.45) is 0.553. The zero-order valence-electron chi connectivity index (χ0n) is 17.8. The van der Waals surface area contributed by atoms with Gasteiger partial charge < -0.3 is 14.4 Å². The average Bonchev–Trinajstić information content (AvgIpc) is 2.83. The Labute approximate surface area is 187 Å². The highest BCUT2D eigenvalue weighted by atomic mass is 32.2. The quantitative estimate of drug-likeness (QED) is 0.637. The molecule has 4 rings (SSSR count). The molecular formula is C24H24N2O5S. The number of rotatable bonds is 5. The Morgan fingerprint density at radius 1 is 0.938 bits per heavy atom. The van der Waals surface area contributed by atoms with Crippen LogP contribution in [0.4, 0.5) is 4.79 Å². The van der Waals surface area contributed by atoms with E-state index in [-0.39, 0.29) is 4.90 Å². The van der Waals surface area contributed by atoms with E-state index in [2.05, 4.69) is 4.72 Å². The molecule has 0 aliphatic carbocycles. The van der Waals surface area contributed by atoms with Gasteiger partial charge in [-0.05, 0) is 47.4 Å². The van der Waals surface area contributed by atoms with Crippen molar-refractivity contribution in [3.05, 3.63) is 89.5 Å².